The Morgan fingerprint density at radius 1 is 1.06 bits per heavy atom. The van der Waals surface area contributed by atoms with Crippen LogP contribution in [0.3, 0.4) is 0 Å². The Morgan fingerprint density at radius 2 is 1.86 bits per heavy atom. The van der Waals surface area contributed by atoms with Crippen LogP contribution in [-0.4, -0.2) is 67.4 Å². The van der Waals surface area contributed by atoms with Crippen molar-refractivity contribution in [1.29, 1.82) is 0 Å². The molecule has 0 saturated carbocycles. The number of nitrogens with zero attached hydrogens (tertiary/aromatic N) is 6. The maximum Gasteiger partial charge on any atom is 0.228 e. The van der Waals surface area contributed by atoms with E-state index < -0.39 is 5.82 Å². The Kier molecular flexibility index (Phi) is 7.31. The molecule has 0 radical (unpaired) electrons. The Hall–Kier alpha value is -2.95. The first-order chi connectivity index (χ1) is 17.1. The van der Waals surface area contributed by atoms with Crippen molar-refractivity contribution in [3.63, 3.8) is 0 Å². The van der Waals surface area contributed by atoms with E-state index in [4.69, 9.17) is 4.74 Å². The fraction of sp³-hybridized carbons (Fsp3) is 0.520. The lowest BCUT2D eigenvalue weighted by Crippen LogP contribution is -2.34. The van der Waals surface area contributed by atoms with Gasteiger partial charge >= 0.3 is 0 Å². The van der Waals surface area contributed by atoms with E-state index >= 15 is 0 Å². The number of pyridine rings is 1. The summed E-state index contributed by atoms with van der Waals surface area (Å²) >= 11 is 0. The number of hydrogen-bond acceptors (Lipinski definition) is 8. The van der Waals surface area contributed by atoms with Crippen LogP contribution in [0.4, 0.5) is 16.0 Å². The molecule has 2 fully saturated rings. The number of aliphatic hydroxyl groups is 1. The zero-order valence-corrected chi connectivity index (χ0v) is 20.0. The van der Waals surface area contributed by atoms with Gasteiger partial charge in [-0.15, -0.1) is 0 Å². The van der Waals surface area contributed by atoms with Gasteiger partial charge in [0.15, 0.2) is 5.82 Å². The minimum absolute atomic E-state index is 0.207. The van der Waals surface area contributed by atoms with Gasteiger partial charge in [0.2, 0.25) is 5.95 Å². The molecule has 5 heterocycles. The van der Waals surface area contributed by atoms with E-state index in [0.29, 0.717) is 30.8 Å². The summed E-state index contributed by atoms with van der Waals surface area (Å²) in [5.41, 5.74) is 2.59. The minimum atomic E-state index is -0.484. The van der Waals surface area contributed by atoms with Crippen molar-refractivity contribution in [3.8, 4) is 11.4 Å². The highest BCUT2D eigenvalue weighted by atomic mass is 19.1. The molecule has 2 N–H and O–H groups in total. The van der Waals surface area contributed by atoms with Gasteiger partial charge in [0.1, 0.15) is 11.5 Å². The molecule has 2 aliphatic heterocycles. The highest BCUT2D eigenvalue weighted by Crippen LogP contribution is 2.31. The monoisotopic (exact) mass is 481 g/mol. The smallest absolute Gasteiger partial charge is 0.228 e. The molecule has 186 valence electrons. The highest BCUT2D eigenvalue weighted by molar-refractivity contribution is 5.59. The van der Waals surface area contributed by atoms with Crippen molar-refractivity contribution in [2.45, 2.75) is 45.2 Å². The summed E-state index contributed by atoms with van der Waals surface area (Å²) < 4.78 is 22.4. The molecule has 2 aliphatic rings. The number of likely N-dealkylation sites (tertiary alicyclic amines) is 1. The van der Waals surface area contributed by atoms with Gasteiger partial charge in [-0.3, -0.25) is 9.88 Å². The van der Waals surface area contributed by atoms with E-state index in [1.807, 2.05) is 19.1 Å². The first-order valence-electron chi connectivity index (χ1n) is 12.3. The van der Waals surface area contributed by atoms with Crippen LogP contribution in [0, 0.1) is 18.7 Å². The summed E-state index contributed by atoms with van der Waals surface area (Å²) in [5, 5.41) is 12.5. The largest absolute Gasteiger partial charge is 0.396 e. The molecule has 0 bridgehead atoms. The summed E-state index contributed by atoms with van der Waals surface area (Å²) in [5.74, 6) is 1.08. The molecule has 3 aromatic rings. The summed E-state index contributed by atoms with van der Waals surface area (Å²) in [6, 6.07) is 4.12. The van der Waals surface area contributed by atoms with Crippen LogP contribution in [0.2, 0.25) is 0 Å². The van der Waals surface area contributed by atoms with E-state index in [2.05, 4.69) is 34.7 Å². The van der Waals surface area contributed by atoms with Crippen molar-refractivity contribution < 1.29 is 14.2 Å². The van der Waals surface area contributed by atoms with Crippen LogP contribution in [0.5, 0.6) is 0 Å². The quantitative estimate of drug-likeness (QED) is 0.529. The zero-order valence-electron chi connectivity index (χ0n) is 20.0. The zero-order chi connectivity index (χ0) is 24.2. The first-order valence-corrected chi connectivity index (χ1v) is 12.3. The van der Waals surface area contributed by atoms with Gasteiger partial charge in [-0.05, 0) is 63.7 Å². The van der Waals surface area contributed by atoms with Gasteiger partial charge in [0.05, 0.1) is 35.7 Å². The van der Waals surface area contributed by atoms with Gasteiger partial charge in [0.25, 0.3) is 0 Å². The van der Waals surface area contributed by atoms with Crippen LogP contribution >= 0.6 is 0 Å². The molecule has 5 rings (SSSR count). The maximum atomic E-state index is 14.8. The molecular formula is C25H32FN7O2. The topological polar surface area (TPSA) is 101 Å². The summed E-state index contributed by atoms with van der Waals surface area (Å²) in [7, 11) is 0. The van der Waals surface area contributed by atoms with Gasteiger partial charge in [0, 0.05) is 32.4 Å². The molecule has 0 aromatic carbocycles. The SMILES string of the molecule is Cc1ncc(-c2nc(Nc3ccc(CN4CCC(CO)CC4)nc3)ncc2F)n1C1CCOCC1. The van der Waals surface area contributed by atoms with E-state index in [1.165, 1.54) is 6.20 Å². The molecular weight excluding hydrogens is 449 g/mol. The number of imidazole rings is 1. The summed E-state index contributed by atoms with van der Waals surface area (Å²) in [6.07, 6.45) is 8.39. The van der Waals surface area contributed by atoms with Crippen molar-refractivity contribution in [3.05, 3.63) is 48.1 Å². The average Bonchev–Trinajstić information content (AvgIpc) is 3.28. The van der Waals surface area contributed by atoms with Crippen molar-refractivity contribution in [2.75, 3.05) is 38.2 Å². The number of aryl methyl sites for hydroxylation is 1. The Balaban J connectivity index is 1.29. The molecule has 0 spiro atoms. The molecule has 0 aliphatic carbocycles. The number of halogens is 1. The summed E-state index contributed by atoms with van der Waals surface area (Å²) in [6.45, 7) is 6.31. The fourth-order valence-electron chi connectivity index (χ4n) is 4.92. The lowest BCUT2D eigenvalue weighted by atomic mass is 9.98. The predicted octanol–water partition coefficient (Wildman–Crippen LogP) is 3.48. The van der Waals surface area contributed by atoms with E-state index in [9.17, 15) is 9.50 Å². The maximum absolute atomic E-state index is 14.8. The Morgan fingerprint density at radius 3 is 2.57 bits per heavy atom. The van der Waals surface area contributed by atoms with Crippen LogP contribution < -0.4 is 5.32 Å². The van der Waals surface area contributed by atoms with Crippen LogP contribution in [0.25, 0.3) is 11.4 Å². The van der Waals surface area contributed by atoms with Crippen LogP contribution in [0.1, 0.15) is 43.2 Å². The Bertz CT molecular complexity index is 1120. The molecule has 2 saturated heterocycles. The van der Waals surface area contributed by atoms with Gasteiger partial charge < -0.3 is 19.7 Å². The number of hydrogen-bond donors (Lipinski definition) is 2. The second-order valence-corrected chi connectivity index (χ2v) is 9.36. The number of anilines is 2. The van der Waals surface area contributed by atoms with E-state index in [-0.39, 0.29) is 18.3 Å². The Labute approximate surface area is 204 Å². The van der Waals surface area contributed by atoms with Crippen molar-refractivity contribution >= 4 is 11.6 Å². The van der Waals surface area contributed by atoms with Gasteiger partial charge in [-0.25, -0.2) is 19.3 Å². The van der Waals surface area contributed by atoms with E-state index in [1.54, 1.807) is 12.4 Å². The molecule has 35 heavy (non-hydrogen) atoms. The van der Waals surface area contributed by atoms with Gasteiger partial charge in [-0.1, -0.05) is 0 Å². The number of ether oxygens (including phenoxy) is 1. The van der Waals surface area contributed by atoms with Gasteiger partial charge in [-0.2, -0.15) is 0 Å². The molecule has 10 heteroatoms. The average molecular weight is 482 g/mol. The molecule has 3 aromatic heterocycles. The molecule has 0 atom stereocenters. The fourth-order valence-corrected chi connectivity index (χ4v) is 4.92. The third-order valence-corrected chi connectivity index (χ3v) is 6.96. The number of rotatable bonds is 7. The lowest BCUT2D eigenvalue weighted by molar-refractivity contribution is 0.0694. The first kappa shape index (κ1) is 23.8. The highest BCUT2D eigenvalue weighted by Gasteiger charge is 2.24. The second-order valence-electron chi connectivity index (χ2n) is 9.36. The lowest BCUT2D eigenvalue weighted by Gasteiger charge is -2.30. The minimum Gasteiger partial charge on any atom is -0.396 e. The third kappa shape index (κ3) is 5.50. The number of aromatic nitrogens is 5. The third-order valence-electron chi connectivity index (χ3n) is 6.96. The van der Waals surface area contributed by atoms with Crippen molar-refractivity contribution in [1.82, 2.24) is 29.4 Å². The number of piperidine rings is 1. The normalized spacial score (nSPS) is 18.1. The van der Waals surface area contributed by atoms with Crippen LogP contribution in [0.15, 0.2) is 30.7 Å². The summed E-state index contributed by atoms with van der Waals surface area (Å²) in [4.78, 5) is 20.0. The molecule has 9 nitrogen and oxygen atoms in total. The van der Waals surface area contributed by atoms with Crippen LogP contribution in [-0.2, 0) is 11.3 Å². The predicted molar refractivity (Wildman–Crippen MR) is 130 cm³/mol. The molecule has 0 unspecified atom stereocenters. The number of nitrogens with one attached hydrogen (secondary N) is 1. The van der Waals surface area contributed by atoms with E-state index in [0.717, 1.165) is 62.5 Å². The number of aliphatic hydroxyl groups excluding tert-OH is 1. The molecule has 0 amide bonds. The van der Waals surface area contributed by atoms with Crippen molar-refractivity contribution in [2.24, 2.45) is 5.92 Å². The second kappa shape index (κ2) is 10.8. The standard InChI is InChI=1S/C25H32FN7O2/c1-17-27-14-23(33(17)21-6-10-35-11-7-21)24-22(26)13-29-25(31-24)30-19-2-3-20(28-12-19)15-32-8-4-18(16-34)5-9-32/h2-3,12-14,18,21,34H,4-11,15-16H2,1H3,(H,29,30,31).